The molecule has 0 aliphatic carbocycles. The Morgan fingerprint density at radius 3 is 2.78 bits per heavy atom. The van der Waals surface area contributed by atoms with Crippen molar-refractivity contribution in [1.82, 2.24) is 9.78 Å². The molecular formula is C11H9Cl2N3O2. The zero-order valence-corrected chi connectivity index (χ0v) is 10.6. The van der Waals surface area contributed by atoms with E-state index in [1.165, 1.54) is 10.9 Å². The first kappa shape index (κ1) is 12.7. The molecule has 3 N–H and O–H groups in total. The van der Waals surface area contributed by atoms with Crippen LogP contribution in [-0.4, -0.2) is 20.9 Å². The minimum atomic E-state index is -1.16. The maximum atomic E-state index is 10.8. The van der Waals surface area contributed by atoms with Crippen molar-refractivity contribution in [3.63, 3.8) is 0 Å². The van der Waals surface area contributed by atoms with Gasteiger partial charge in [0.15, 0.2) is 5.69 Å². The number of benzene rings is 1. The quantitative estimate of drug-likeness (QED) is 0.908. The second-order valence-corrected chi connectivity index (χ2v) is 4.43. The largest absolute Gasteiger partial charge is 0.476 e. The van der Waals surface area contributed by atoms with Gasteiger partial charge in [-0.15, -0.1) is 0 Å². The van der Waals surface area contributed by atoms with Crippen molar-refractivity contribution in [3.05, 3.63) is 45.7 Å². The van der Waals surface area contributed by atoms with Crippen LogP contribution in [0.3, 0.4) is 0 Å². The Balaban J connectivity index is 2.32. The molecule has 0 amide bonds. The highest BCUT2D eigenvalue weighted by molar-refractivity contribution is 6.42. The normalized spacial score (nSPS) is 10.6. The molecule has 5 nitrogen and oxygen atoms in total. The summed E-state index contributed by atoms with van der Waals surface area (Å²) in [6.45, 7) is 0.302. The molecule has 7 heteroatoms. The lowest BCUT2D eigenvalue weighted by Crippen LogP contribution is -2.05. The standard InChI is InChI=1S/C11H9Cl2N3O2/c12-7-3-1-2-6(9(7)13)4-16-5-8(14)10(15-16)11(17)18/h1-3,5H,4,14H2,(H,17,18). The van der Waals surface area contributed by atoms with Gasteiger partial charge in [0, 0.05) is 6.20 Å². The third-order valence-corrected chi connectivity index (χ3v) is 3.21. The number of anilines is 1. The summed E-state index contributed by atoms with van der Waals surface area (Å²) in [4.78, 5) is 10.8. The van der Waals surface area contributed by atoms with Gasteiger partial charge < -0.3 is 10.8 Å². The van der Waals surface area contributed by atoms with Gasteiger partial charge in [-0.05, 0) is 11.6 Å². The number of nitrogens with zero attached hydrogens (tertiary/aromatic N) is 2. The number of halogens is 2. The van der Waals surface area contributed by atoms with Crippen LogP contribution in [-0.2, 0) is 6.54 Å². The molecule has 2 aromatic rings. The number of rotatable bonds is 3. The summed E-state index contributed by atoms with van der Waals surface area (Å²) in [5, 5.41) is 13.6. The fourth-order valence-corrected chi connectivity index (χ4v) is 1.91. The van der Waals surface area contributed by atoms with Gasteiger partial charge in [0.05, 0.1) is 22.3 Å². The van der Waals surface area contributed by atoms with E-state index >= 15 is 0 Å². The molecule has 0 radical (unpaired) electrons. The van der Waals surface area contributed by atoms with Crippen LogP contribution in [0.15, 0.2) is 24.4 Å². The first-order chi connectivity index (χ1) is 8.49. The zero-order valence-electron chi connectivity index (χ0n) is 9.10. The second kappa shape index (κ2) is 4.88. The predicted molar refractivity (Wildman–Crippen MR) is 69.2 cm³/mol. The summed E-state index contributed by atoms with van der Waals surface area (Å²) in [5.41, 5.74) is 6.22. The monoisotopic (exact) mass is 285 g/mol. The van der Waals surface area contributed by atoms with Gasteiger partial charge in [0.2, 0.25) is 0 Å². The first-order valence-electron chi connectivity index (χ1n) is 4.98. The van der Waals surface area contributed by atoms with Gasteiger partial charge in [0.25, 0.3) is 0 Å². The molecule has 0 fully saturated rings. The molecule has 1 heterocycles. The molecule has 0 bridgehead atoms. The number of nitrogen functional groups attached to an aromatic ring is 1. The Morgan fingerprint density at radius 1 is 1.44 bits per heavy atom. The highest BCUT2D eigenvalue weighted by atomic mass is 35.5. The molecule has 1 aromatic heterocycles. The van der Waals surface area contributed by atoms with Crippen molar-refractivity contribution in [2.24, 2.45) is 0 Å². The summed E-state index contributed by atoms with van der Waals surface area (Å²) in [7, 11) is 0. The van der Waals surface area contributed by atoms with Gasteiger partial charge in [-0.3, -0.25) is 4.68 Å². The SMILES string of the molecule is Nc1cn(Cc2cccc(Cl)c2Cl)nc1C(=O)O. The Bertz CT molecular complexity index is 610. The van der Waals surface area contributed by atoms with E-state index in [0.29, 0.717) is 16.6 Å². The number of aromatic nitrogens is 2. The molecule has 0 saturated heterocycles. The molecule has 0 aliphatic rings. The van der Waals surface area contributed by atoms with Crippen LogP contribution in [0.2, 0.25) is 10.0 Å². The number of aromatic carboxylic acids is 1. The van der Waals surface area contributed by atoms with E-state index in [0.717, 1.165) is 5.56 Å². The molecule has 0 aliphatic heterocycles. The van der Waals surface area contributed by atoms with Crippen LogP contribution < -0.4 is 5.73 Å². The maximum absolute atomic E-state index is 10.8. The van der Waals surface area contributed by atoms with Crippen molar-refractivity contribution >= 4 is 34.9 Å². The maximum Gasteiger partial charge on any atom is 0.358 e. The van der Waals surface area contributed by atoms with Crippen LogP contribution in [0.1, 0.15) is 16.1 Å². The Hall–Kier alpha value is -1.72. The lowest BCUT2D eigenvalue weighted by molar-refractivity contribution is 0.0690. The van der Waals surface area contributed by atoms with Crippen molar-refractivity contribution < 1.29 is 9.90 Å². The Morgan fingerprint density at radius 2 is 2.17 bits per heavy atom. The number of carbonyl (C=O) groups is 1. The van der Waals surface area contributed by atoms with Crippen LogP contribution in [0, 0.1) is 0 Å². The minimum absolute atomic E-state index is 0.112. The Kier molecular flexibility index (Phi) is 3.45. The van der Waals surface area contributed by atoms with E-state index in [-0.39, 0.29) is 11.4 Å². The average Bonchev–Trinajstić information content (AvgIpc) is 2.66. The van der Waals surface area contributed by atoms with Gasteiger partial charge in [-0.2, -0.15) is 5.10 Å². The van der Waals surface area contributed by atoms with Crippen LogP contribution in [0.5, 0.6) is 0 Å². The van der Waals surface area contributed by atoms with E-state index in [1.807, 2.05) is 0 Å². The highest BCUT2D eigenvalue weighted by Gasteiger charge is 2.14. The van der Waals surface area contributed by atoms with Gasteiger partial charge in [0.1, 0.15) is 0 Å². The topological polar surface area (TPSA) is 81.1 Å². The summed E-state index contributed by atoms with van der Waals surface area (Å²) in [6, 6.07) is 5.22. The molecular weight excluding hydrogens is 277 g/mol. The van der Waals surface area contributed by atoms with E-state index in [4.69, 9.17) is 34.0 Å². The molecule has 0 unspecified atom stereocenters. The van der Waals surface area contributed by atoms with Gasteiger partial charge in [-0.1, -0.05) is 35.3 Å². The van der Waals surface area contributed by atoms with E-state index in [9.17, 15) is 4.79 Å². The predicted octanol–water partition coefficient (Wildman–Crippen LogP) is 2.52. The van der Waals surface area contributed by atoms with Crippen molar-refractivity contribution in [2.45, 2.75) is 6.54 Å². The van der Waals surface area contributed by atoms with Crippen LogP contribution >= 0.6 is 23.2 Å². The van der Waals surface area contributed by atoms with Crippen LogP contribution in [0.4, 0.5) is 5.69 Å². The lowest BCUT2D eigenvalue weighted by atomic mass is 10.2. The van der Waals surface area contributed by atoms with Gasteiger partial charge >= 0.3 is 5.97 Å². The zero-order chi connectivity index (χ0) is 13.3. The molecule has 0 atom stereocenters. The third-order valence-electron chi connectivity index (χ3n) is 2.36. The van der Waals surface area contributed by atoms with Crippen molar-refractivity contribution in [2.75, 3.05) is 5.73 Å². The van der Waals surface area contributed by atoms with E-state index in [2.05, 4.69) is 5.10 Å². The Labute approximate surface area is 113 Å². The molecule has 94 valence electrons. The number of hydrogen-bond donors (Lipinski definition) is 2. The highest BCUT2D eigenvalue weighted by Crippen LogP contribution is 2.26. The van der Waals surface area contributed by atoms with E-state index in [1.54, 1.807) is 18.2 Å². The summed E-state index contributed by atoms with van der Waals surface area (Å²) >= 11 is 11.9. The summed E-state index contributed by atoms with van der Waals surface area (Å²) < 4.78 is 1.41. The smallest absolute Gasteiger partial charge is 0.358 e. The summed E-state index contributed by atoms with van der Waals surface area (Å²) in [5.74, 6) is -1.16. The number of hydrogen-bond acceptors (Lipinski definition) is 3. The number of carboxylic acids is 1. The molecule has 2 rings (SSSR count). The number of carboxylic acid groups (broad SMARTS) is 1. The minimum Gasteiger partial charge on any atom is -0.476 e. The molecule has 0 spiro atoms. The lowest BCUT2D eigenvalue weighted by Gasteiger charge is -2.05. The van der Waals surface area contributed by atoms with Crippen LogP contribution in [0.25, 0.3) is 0 Å². The van der Waals surface area contributed by atoms with E-state index < -0.39 is 5.97 Å². The fourth-order valence-electron chi connectivity index (χ4n) is 1.53. The second-order valence-electron chi connectivity index (χ2n) is 3.65. The van der Waals surface area contributed by atoms with Crippen molar-refractivity contribution in [3.8, 4) is 0 Å². The molecule has 1 aromatic carbocycles. The third kappa shape index (κ3) is 2.42. The first-order valence-corrected chi connectivity index (χ1v) is 5.73. The van der Waals surface area contributed by atoms with Gasteiger partial charge in [-0.25, -0.2) is 4.79 Å². The van der Waals surface area contributed by atoms with Crippen molar-refractivity contribution in [1.29, 1.82) is 0 Å². The summed E-state index contributed by atoms with van der Waals surface area (Å²) in [6.07, 6.45) is 1.45. The fraction of sp³-hybridized carbons (Fsp3) is 0.0909. The molecule has 0 saturated carbocycles. The number of nitrogens with two attached hydrogens (primary N) is 1. The average molecular weight is 286 g/mol. The molecule has 18 heavy (non-hydrogen) atoms.